The number of epoxide rings is 1. The summed E-state index contributed by atoms with van der Waals surface area (Å²) in [6, 6.07) is 0. The van der Waals surface area contributed by atoms with Gasteiger partial charge in [0, 0.05) is 30.8 Å². The van der Waals surface area contributed by atoms with Crippen LogP contribution in [0.2, 0.25) is 0 Å². The van der Waals surface area contributed by atoms with Gasteiger partial charge in [-0.05, 0) is 38.7 Å². The van der Waals surface area contributed by atoms with Gasteiger partial charge in [-0.25, -0.2) is 0 Å². The van der Waals surface area contributed by atoms with Crippen LogP contribution in [0.5, 0.6) is 0 Å². The summed E-state index contributed by atoms with van der Waals surface area (Å²) in [6.45, 7) is 13.7. The summed E-state index contributed by atoms with van der Waals surface area (Å²) in [6.07, 6.45) is 9.11. The molecule has 7 nitrogen and oxygen atoms in total. The molecule has 212 valence electrons. The summed E-state index contributed by atoms with van der Waals surface area (Å²) in [5, 5.41) is 31.9. The van der Waals surface area contributed by atoms with Gasteiger partial charge < -0.3 is 29.5 Å². The second-order valence-electron chi connectivity index (χ2n) is 11.4. The fraction of sp³-hybridized carbons (Fsp3) is 0.767. The summed E-state index contributed by atoms with van der Waals surface area (Å²) in [5.41, 5.74) is -0.113. The number of esters is 1. The van der Waals surface area contributed by atoms with Gasteiger partial charge in [-0.3, -0.25) is 4.79 Å². The quantitative estimate of drug-likeness (QED) is 0.179. The number of cyclic esters (lactones) is 1. The molecule has 37 heavy (non-hydrogen) atoms. The van der Waals surface area contributed by atoms with Crippen molar-refractivity contribution in [3.05, 3.63) is 36.0 Å². The van der Waals surface area contributed by atoms with Crippen LogP contribution in [0.1, 0.15) is 74.1 Å². The van der Waals surface area contributed by atoms with Crippen LogP contribution < -0.4 is 0 Å². The maximum atomic E-state index is 12.6. The zero-order chi connectivity index (χ0) is 27.9. The molecule has 0 aliphatic carbocycles. The summed E-state index contributed by atoms with van der Waals surface area (Å²) in [7, 11) is 1.71. The molecule has 2 heterocycles. The van der Waals surface area contributed by atoms with Gasteiger partial charge in [0.15, 0.2) is 0 Å². The van der Waals surface area contributed by atoms with Gasteiger partial charge in [-0.15, -0.1) is 0 Å². The van der Waals surface area contributed by atoms with Crippen molar-refractivity contribution in [2.45, 2.75) is 116 Å². The fourth-order valence-electron chi connectivity index (χ4n) is 5.12. The van der Waals surface area contributed by atoms with E-state index < -0.39 is 29.9 Å². The van der Waals surface area contributed by atoms with Crippen molar-refractivity contribution >= 4 is 5.97 Å². The molecule has 0 radical (unpaired) electrons. The highest BCUT2D eigenvalue weighted by atomic mass is 16.6. The van der Waals surface area contributed by atoms with Crippen LogP contribution in [0.4, 0.5) is 0 Å². The van der Waals surface area contributed by atoms with E-state index >= 15 is 0 Å². The first kappa shape index (κ1) is 31.7. The maximum absolute atomic E-state index is 12.6. The largest absolute Gasteiger partial charge is 0.457 e. The minimum atomic E-state index is -0.969. The van der Waals surface area contributed by atoms with Crippen molar-refractivity contribution in [1.82, 2.24) is 0 Å². The second-order valence-corrected chi connectivity index (χ2v) is 11.4. The molecule has 0 saturated carbocycles. The topological polar surface area (TPSA) is 109 Å². The average molecular weight is 523 g/mol. The molecular weight excluding hydrogens is 472 g/mol. The molecule has 2 rings (SSSR count). The normalized spacial score (nSPS) is 38.1. The third-order valence-corrected chi connectivity index (χ3v) is 8.28. The highest BCUT2D eigenvalue weighted by Gasteiger charge is 2.50. The van der Waals surface area contributed by atoms with Crippen molar-refractivity contribution in [3.8, 4) is 0 Å². The number of hydrogen-bond donors (Lipinski definition) is 3. The molecule has 0 spiro atoms. The fourth-order valence-corrected chi connectivity index (χ4v) is 5.12. The number of aliphatic hydroxyl groups is 3. The van der Waals surface area contributed by atoms with Gasteiger partial charge in [0.05, 0.1) is 36.4 Å². The van der Waals surface area contributed by atoms with Crippen LogP contribution in [0.25, 0.3) is 0 Å². The smallest absolute Gasteiger partial charge is 0.309 e. The summed E-state index contributed by atoms with van der Waals surface area (Å²) in [4.78, 5) is 12.6. The average Bonchev–Trinajstić information content (AvgIpc) is 3.64. The SMILES string of the molecule is CC[C@H](OC)[C@@H](C)[C@H]1O[C@@H]1[C@H](O)[C@H](C)/C=C/C=C(\C)[C@H]1OC(=O)C[C@H](O)CC[C@@](C)(O)[C@H](C)/C=C/[C@@H]1C. The van der Waals surface area contributed by atoms with Crippen molar-refractivity contribution in [3.63, 3.8) is 0 Å². The zero-order valence-electron chi connectivity index (χ0n) is 24.0. The Bertz CT molecular complexity index is 813. The Balaban J connectivity index is 2.09. The number of methoxy groups -OCH3 is 1. The molecule has 0 unspecified atom stereocenters. The Morgan fingerprint density at radius 3 is 2.57 bits per heavy atom. The number of aliphatic hydroxyl groups excluding tert-OH is 2. The van der Waals surface area contributed by atoms with E-state index in [4.69, 9.17) is 14.2 Å². The standard InChI is InChI=1S/C30H50O7/c1-9-24(35-8)22(6)28-29(37-28)26(33)18(2)11-10-12-19(3)27-20(4)13-14-21(5)30(7,34)16-15-23(31)17-25(32)36-27/h10-14,18,20-24,26-29,31,33-34H,9,15-17H2,1-8H3/b11-10+,14-13+,19-12+/t18-,20+,21-,22-,23-,24+,26-,27-,28-,29-,30-/m1/s1. The number of allylic oxidation sites excluding steroid dienone is 2. The number of carbonyl (C=O) groups excluding carboxylic acids is 1. The van der Waals surface area contributed by atoms with Crippen LogP contribution in [0.3, 0.4) is 0 Å². The van der Waals surface area contributed by atoms with Gasteiger partial charge in [0.25, 0.3) is 0 Å². The molecule has 2 aliphatic heterocycles. The van der Waals surface area contributed by atoms with E-state index in [1.165, 1.54) is 0 Å². The van der Waals surface area contributed by atoms with Crippen LogP contribution >= 0.6 is 0 Å². The summed E-state index contributed by atoms with van der Waals surface area (Å²) < 4.78 is 17.1. The Hall–Kier alpha value is -1.51. The molecule has 0 aromatic carbocycles. The Morgan fingerprint density at radius 1 is 1.27 bits per heavy atom. The number of ether oxygens (including phenoxy) is 3. The lowest BCUT2D eigenvalue weighted by atomic mass is 9.84. The molecule has 0 aromatic rings. The van der Waals surface area contributed by atoms with Crippen LogP contribution in [-0.4, -0.2) is 70.6 Å². The van der Waals surface area contributed by atoms with E-state index in [9.17, 15) is 20.1 Å². The van der Waals surface area contributed by atoms with E-state index in [1.807, 2.05) is 58.1 Å². The third-order valence-electron chi connectivity index (χ3n) is 8.28. The molecule has 0 amide bonds. The second kappa shape index (κ2) is 14.0. The predicted molar refractivity (Wildman–Crippen MR) is 145 cm³/mol. The van der Waals surface area contributed by atoms with Gasteiger partial charge in [-0.2, -0.15) is 0 Å². The van der Waals surface area contributed by atoms with Crippen molar-refractivity contribution in [2.75, 3.05) is 7.11 Å². The van der Waals surface area contributed by atoms with Gasteiger partial charge in [-0.1, -0.05) is 65.0 Å². The van der Waals surface area contributed by atoms with E-state index in [2.05, 4.69) is 13.8 Å². The molecule has 7 heteroatoms. The first-order valence-corrected chi connectivity index (χ1v) is 13.8. The lowest BCUT2D eigenvalue weighted by Gasteiger charge is -2.31. The highest BCUT2D eigenvalue weighted by Crippen LogP contribution is 2.37. The molecule has 11 atom stereocenters. The zero-order valence-corrected chi connectivity index (χ0v) is 24.0. The van der Waals surface area contributed by atoms with Crippen LogP contribution in [0.15, 0.2) is 36.0 Å². The van der Waals surface area contributed by atoms with Crippen molar-refractivity contribution in [1.29, 1.82) is 0 Å². The van der Waals surface area contributed by atoms with Crippen molar-refractivity contribution < 1.29 is 34.3 Å². The molecule has 1 fully saturated rings. The third kappa shape index (κ3) is 9.03. The highest BCUT2D eigenvalue weighted by molar-refractivity contribution is 5.70. The van der Waals surface area contributed by atoms with E-state index in [0.717, 1.165) is 12.0 Å². The molecule has 0 aromatic heterocycles. The lowest BCUT2D eigenvalue weighted by molar-refractivity contribution is -0.151. The first-order chi connectivity index (χ1) is 17.3. The number of rotatable bonds is 9. The Kier molecular flexibility index (Phi) is 12.0. The minimum absolute atomic E-state index is 0.00480. The molecule has 3 N–H and O–H groups in total. The molecule has 0 bridgehead atoms. The van der Waals surface area contributed by atoms with Crippen LogP contribution in [0, 0.1) is 23.7 Å². The minimum Gasteiger partial charge on any atom is -0.457 e. The maximum Gasteiger partial charge on any atom is 0.309 e. The van der Waals surface area contributed by atoms with Gasteiger partial charge >= 0.3 is 5.97 Å². The lowest BCUT2D eigenvalue weighted by Crippen LogP contribution is -2.34. The predicted octanol–water partition coefficient (Wildman–Crippen LogP) is 4.35. The van der Waals surface area contributed by atoms with E-state index in [0.29, 0.717) is 12.8 Å². The van der Waals surface area contributed by atoms with Crippen molar-refractivity contribution in [2.24, 2.45) is 23.7 Å². The van der Waals surface area contributed by atoms with Gasteiger partial charge in [0.2, 0.25) is 0 Å². The molecule has 1 saturated heterocycles. The Labute approximate surface area is 223 Å². The molecule has 2 aliphatic rings. The molecular formula is C30H50O7. The van der Waals surface area contributed by atoms with Gasteiger partial charge in [0.1, 0.15) is 12.2 Å². The first-order valence-electron chi connectivity index (χ1n) is 13.8. The number of carbonyl (C=O) groups is 1. The van der Waals surface area contributed by atoms with E-state index in [-0.39, 0.29) is 48.4 Å². The summed E-state index contributed by atoms with van der Waals surface area (Å²) >= 11 is 0. The van der Waals surface area contributed by atoms with Crippen LogP contribution in [-0.2, 0) is 19.0 Å². The Morgan fingerprint density at radius 2 is 1.95 bits per heavy atom. The summed E-state index contributed by atoms with van der Waals surface area (Å²) in [5.74, 6) is -0.608. The monoisotopic (exact) mass is 522 g/mol. The van der Waals surface area contributed by atoms with E-state index in [1.54, 1.807) is 14.0 Å². The number of hydrogen-bond acceptors (Lipinski definition) is 7.